The molecule has 1 fully saturated rings. The van der Waals surface area contributed by atoms with E-state index in [1.807, 2.05) is 24.3 Å². The van der Waals surface area contributed by atoms with Crippen LogP contribution in [0, 0.1) is 0 Å². The Labute approximate surface area is 146 Å². The van der Waals surface area contributed by atoms with Crippen LogP contribution in [0.5, 0.6) is 11.5 Å². The lowest BCUT2D eigenvalue weighted by Crippen LogP contribution is -2.28. The highest BCUT2D eigenvalue weighted by molar-refractivity contribution is 8.18. The quantitative estimate of drug-likeness (QED) is 0.784. The van der Waals surface area contributed by atoms with Gasteiger partial charge in [0.2, 0.25) is 0 Å². The third-order valence-corrected chi connectivity index (χ3v) is 5.25. The lowest BCUT2D eigenvalue weighted by Gasteiger charge is -2.20. The first-order chi connectivity index (χ1) is 11.7. The van der Waals surface area contributed by atoms with E-state index in [1.54, 1.807) is 14.2 Å². The topological polar surface area (TPSA) is 51.1 Å². The highest BCUT2D eigenvalue weighted by Crippen LogP contribution is 2.36. The predicted molar refractivity (Wildman–Crippen MR) is 97.6 cm³/mol. The third-order valence-electron chi connectivity index (χ3n) is 4.21. The number of ether oxygens (including phenoxy) is 2. The van der Waals surface area contributed by atoms with Gasteiger partial charge in [0.05, 0.1) is 19.1 Å². The molecule has 24 heavy (non-hydrogen) atoms. The van der Waals surface area contributed by atoms with Crippen LogP contribution >= 0.6 is 11.8 Å². The third kappa shape index (κ3) is 3.59. The summed E-state index contributed by atoms with van der Waals surface area (Å²) in [6.07, 6.45) is 6.67. The van der Waals surface area contributed by atoms with Gasteiger partial charge in [0, 0.05) is 18.7 Å². The molecule has 1 saturated heterocycles. The van der Waals surface area contributed by atoms with Gasteiger partial charge in [-0.15, -0.1) is 0 Å². The number of thioether (sulfide) groups is 1. The molecule has 2 aliphatic heterocycles. The molecule has 0 bridgehead atoms. The maximum absolute atomic E-state index is 12.3. The Balaban J connectivity index is 1.82. The van der Waals surface area contributed by atoms with Crippen LogP contribution in [0.25, 0.3) is 6.08 Å². The zero-order valence-corrected chi connectivity index (χ0v) is 14.9. The summed E-state index contributed by atoms with van der Waals surface area (Å²) in [5, 5.41) is 0.829. The number of benzene rings is 1. The molecule has 1 aromatic rings. The minimum atomic E-state index is -0.177. The molecule has 0 saturated carbocycles. The normalized spacial score (nSPS) is 20.1. The lowest BCUT2D eigenvalue weighted by molar-refractivity contribution is -0.113. The molecule has 0 atom stereocenters. The molecule has 5 nitrogen and oxygen atoms in total. The first-order valence-electron chi connectivity index (χ1n) is 8.21. The number of rotatable bonds is 3. The van der Waals surface area contributed by atoms with E-state index >= 15 is 0 Å². The van der Waals surface area contributed by atoms with Crippen molar-refractivity contribution in [3.8, 4) is 11.5 Å². The largest absolute Gasteiger partial charge is 0.493 e. The first kappa shape index (κ1) is 16.9. The van der Waals surface area contributed by atoms with Crippen LogP contribution in [0.15, 0.2) is 28.1 Å². The molecular weight excluding hydrogens is 324 g/mol. The van der Waals surface area contributed by atoms with Crippen molar-refractivity contribution in [2.75, 3.05) is 27.3 Å². The number of carbonyl (C=O) groups is 1. The Morgan fingerprint density at radius 1 is 1.12 bits per heavy atom. The smallest absolute Gasteiger partial charge is 0.286 e. The number of amidine groups is 1. The summed E-state index contributed by atoms with van der Waals surface area (Å²) >= 11 is 1.45. The van der Waals surface area contributed by atoms with Crippen LogP contribution in [-0.2, 0) is 4.79 Å². The summed E-state index contributed by atoms with van der Waals surface area (Å²) in [5.41, 5.74) is 0.819. The van der Waals surface area contributed by atoms with Crippen molar-refractivity contribution in [2.24, 2.45) is 4.99 Å². The van der Waals surface area contributed by atoms with Gasteiger partial charge in [0.1, 0.15) is 0 Å². The van der Waals surface area contributed by atoms with E-state index in [0.29, 0.717) is 16.4 Å². The van der Waals surface area contributed by atoms with Crippen LogP contribution in [-0.4, -0.2) is 43.3 Å². The van der Waals surface area contributed by atoms with Crippen molar-refractivity contribution < 1.29 is 14.3 Å². The van der Waals surface area contributed by atoms with E-state index < -0.39 is 0 Å². The van der Waals surface area contributed by atoms with Crippen LogP contribution in [0.4, 0.5) is 0 Å². The summed E-state index contributed by atoms with van der Waals surface area (Å²) in [6.45, 7) is 1.96. The number of methoxy groups -OCH3 is 2. The van der Waals surface area contributed by atoms with Crippen molar-refractivity contribution in [2.45, 2.75) is 25.7 Å². The second-order valence-electron chi connectivity index (χ2n) is 5.79. The van der Waals surface area contributed by atoms with Crippen molar-refractivity contribution in [1.82, 2.24) is 4.90 Å². The van der Waals surface area contributed by atoms with Crippen molar-refractivity contribution >= 4 is 28.9 Å². The molecule has 0 spiro atoms. The van der Waals surface area contributed by atoms with Crippen molar-refractivity contribution in [3.05, 3.63) is 28.7 Å². The van der Waals surface area contributed by atoms with E-state index in [4.69, 9.17) is 9.47 Å². The van der Waals surface area contributed by atoms with E-state index in [1.165, 1.54) is 24.6 Å². The highest BCUT2D eigenvalue weighted by Gasteiger charge is 2.27. The number of hydrogen-bond acceptors (Lipinski definition) is 5. The molecule has 0 unspecified atom stereocenters. The summed E-state index contributed by atoms with van der Waals surface area (Å²) in [6, 6.07) is 5.63. The summed E-state index contributed by atoms with van der Waals surface area (Å²) in [7, 11) is 3.20. The minimum Gasteiger partial charge on any atom is -0.493 e. The van der Waals surface area contributed by atoms with Gasteiger partial charge in [-0.3, -0.25) is 4.79 Å². The van der Waals surface area contributed by atoms with Gasteiger partial charge >= 0.3 is 0 Å². The van der Waals surface area contributed by atoms with E-state index in [0.717, 1.165) is 36.7 Å². The first-order valence-corrected chi connectivity index (χ1v) is 9.03. The number of hydrogen-bond donors (Lipinski definition) is 0. The van der Waals surface area contributed by atoms with Crippen LogP contribution in [0.1, 0.15) is 31.2 Å². The fraction of sp³-hybridized carbons (Fsp3) is 0.444. The maximum Gasteiger partial charge on any atom is 0.286 e. The number of amides is 1. The second kappa shape index (κ2) is 7.75. The Bertz CT molecular complexity index is 677. The van der Waals surface area contributed by atoms with Crippen molar-refractivity contribution in [3.63, 3.8) is 0 Å². The van der Waals surface area contributed by atoms with Gasteiger partial charge in [-0.2, -0.15) is 4.99 Å². The summed E-state index contributed by atoms with van der Waals surface area (Å²) in [5.74, 6) is 1.10. The fourth-order valence-corrected chi connectivity index (χ4v) is 3.92. The van der Waals surface area contributed by atoms with Gasteiger partial charge in [0.15, 0.2) is 16.7 Å². The average Bonchev–Trinajstić information content (AvgIpc) is 2.80. The lowest BCUT2D eigenvalue weighted by atomic mass is 10.1. The van der Waals surface area contributed by atoms with Crippen LogP contribution in [0.3, 0.4) is 0 Å². The van der Waals surface area contributed by atoms with Gasteiger partial charge in [-0.05, 0) is 36.7 Å². The Hall–Kier alpha value is -1.95. The van der Waals surface area contributed by atoms with Gasteiger partial charge in [-0.1, -0.05) is 25.0 Å². The molecule has 6 heteroatoms. The molecule has 3 rings (SSSR count). The maximum atomic E-state index is 12.3. The number of aliphatic imine (C=N–C) groups is 1. The standard InChI is InChI=1S/C18H22N2O3S/c1-22-14-9-7-8-13(16(14)23-2)12-15-17(21)19-18(24-15)20-10-5-3-4-6-11-20/h7-9,12H,3-6,10-11H2,1-2H3. The van der Waals surface area contributed by atoms with Gasteiger partial charge < -0.3 is 14.4 Å². The Morgan fingerprint density at radius 3 is 2.54 bits per heavy atom. The molecule has 0 aliphatic carbocycles. The molecule has 0 N–H and O–H groups in total. The number of likely N-dealkylation sites (tertiary alicyclic amines) is 1. The molecule has 1 amide bonds. The predicted octanol–water partition coefficient (Wildman–Crippen LogP) is 3.55. The molecular formula is C18H22N2O3S. The zero-order chi connectivity index (χ0) is 16.9. The van der Waals surface area contributed by atoms with Gasteiger partial charge in [0.25, 0.3) is 5.91 Å². The number of para-hydroxylation sites is 1. The average molecular weight is 346 g/mol. The SMILES string of the molecule is COc1cccc(C=C2SC(N3CCCCCC3)=NC2=O)c1OC. The fourth-order valence-electron chi connectivity index (χ4n) is 2.96. The molecule has 0 aromatic heterocycles. The number of carbonyl (C=O) groups excluding carboxylic acids is 1. The van der Waals surface area contributed by atoms with E-state index in [-0.39, 0.29) is 5.91 Å². The zero-order valence-electron chi connectivity index (χ0n) is 14.1. The van der Waals surface area contributed by atoms with Crippen LogP contribution in [0.2, 0.25) is 0 Å². The molecule has 2 heterocycles. The second-order valence-corrected chi connectivity index (χ2v) is 6.80. The monoisotopic (exact) mass is 346 g/mol. The minimum absolute atomic E-state index is 0.177. The molecule has 2 aliphatic rings. The Morgan fingerprint density at radius 2 is 1.88 bits per heavy atom. The van der Waals surface area contributed by atoms with Crippen LogP contribution < -0.4 is 9.47 Å². The van der Waals surface area contributed by atoms with E-state index in [2.05, 4.69) is 9.89 Å². The summed E-state index contributed by atoms with van der Waals surface area (Å²) < 4.78 is 10.8. The van der Waals surface area contributed by atoms with E-state index in [9.17, 15) is 4.79 Å². The highest BCUT2D eigenvalue weighted by atomic mass is 32.2. The molecule has 1 aromatic carbocycles. The molecule has 0 radical (unpaired) electrons. The molecule has 128 valence electrons. The Kier molecular flexibility index (Phi) is 5.45. The van der Waals surface area contributed by atoms with Crippen molar-refractivity contribution in [1.29, 1.82) is 0 Å². The summed E-state index contributed by atoms with van der Waals surface area (Å²) in [4.78, 5) is 19.4. The number of nitrogens with zero attached hydrogens (tertiary/aromatic N) is 2. The van der Waals surface area contributed by atoms with Gasteiger partial charge in [-0.25, -0.2) is 0 Å².